The lowest BCUT2D eigenvalue weighted by Crippen LogP contribution is -2.43. The van der Waals surface area contributed by atoms with Crippen LogP contribution in [-0.4, -0.2) is 49.0 Å². The summed E-state index contributed by atoms with van der Waals surface area (Å²) >= 11 is 0. The summed E-state index contributed by atoms with van der Waals surface area (Å²) in [5.41, 5.74) is 0.289. The van der Waals surface area contributed by atoms with Crippen molar-refractivity contribution < 1.29 is 46.5 Å². The van der Waals surface area contributed by atoms with E-state index in [4.69, 9.17) is 9.47 Å². The van der Waals surface area contributed by atoms with E-state index in [0.717, 1.165) is 55.4 Å². The van der Waals surface area contributed by atoms with Gasteiger partial charge in [-0.1, -0.05) is 94.9 Å². The van der Waals surface area contributed by atoms with Gasteiger partial charge in [-0.25, -0.2) is 14.4 Å². The molecule has 10 heteroatoms. The van der Waals surface area contributed by atoms with Gasteiger partial charge in [0.25, 0.3) is 6.10 Å². The average molecular weight is 631 g/mol. The minimum atomic E-state index is -5.15. The van der Waals surface area contributed by atoms with Crippen molar-refractivity contribution in [3.8, 4) is 5.75 Å². The van der Waals surface area contributed by atoms with Crippen LogP contribution in [0.4, 0.5) is 13.2 Å². The molecule has 0 saturated heterocycles. The summed E-state index contributed by atoms with van der Waals surface area (Å²) < 4.78 is 61.1. The molecule has 2 aromatic rings. The van der Waals surface area contributed by atoms with Crippen LogP contribution in [-0.2, 0) is 23.8 Å². The van der Waals surface area contributed by atoms with Crippen LogP contribution in [0.15, 0.2) is 72.8 Å². The fourth-order valence-corrected chi connectivity index (χ4v) is 4.59. The second kappa shape index (κ2) is 17.5. The molecular formula is C35H41F3O7. The topological polar surface area (TPSA) is 88.1 Å². The highest BCUT2D eigenvalue weighted by molar-refractivity contribution is 5.92. The Morgan fingerprint density at radius 2 is 1.51 bits per heavy atom. The molecule has 2 unspecified atom stereocenters. The third kappa shape index (κ3) is 10.9. The zero-order chi connectivity index (χ0) is 32.7. The van der Waals surface area contributed by atoms with Crippen LogP contribution in [0.5, 0.6) is 5.75 Å². The van der Waals surface area contributed by atoms with Crippen molar-refractivity contribution in [2.24, 2.45) is 0 Å². The first kappa shape index (κ1) is 35.6. The van der Waals surface area contributed by atoms with Gasteiger partial charge in [0.2, 0.25) is 0 Å². The van der Waals surface area contributed by atoms with E-state index in [0.29, 0.717) is 19.4 Å². The molecule has 2 atom stereocenters. The van der Waals surface area contributed by atoms with Gasteiger partial charge in [0, 0.05) is 13.0 Å². The van der Waals surface area contributed by atoms with Gasteiger partial charge in [-0.15, -0.1) is 0 Å². The highest BCUT2D eigenvalue weighted by Gasteiger charge is 2.49. The van der Waals surface area contributed by atoms with E-state index in [9.17, 15) is 27.6 Å². The quantitative estimate of drug-likeness (QED) is 0.0990. The van der Waals surface area contributed by atoms with Crippen LogP contribution in [0.1, 0.15) is 87.6 Å². The zero-order valence-corrected chi connectivity index (χ0v) is 25.8. The second-order valence-electron chi connectivity index (χ2n) is 10.8. The van der Waals surface area contributed by atoms with Crippen molar-refractivity contribution in [1.29, 1.82) is 0 Å². The van der Waals surface area contributed by atoms with Crippen molar-refractivity contribution in [3.63, 3.8) is 0 Å². The maximum absolute atomic E-state index is 13.5. The first-order valence-electron chi connectivity index (χ1n) is 15.4. The molecule has 7 nitrogen and oxygen atoms in total. The maximum atomic E-state index is 13.5. The minimum Gasteiger partial charge on any atom is -0.463 e. The smallest absolute Gasteiger partial charge is 0.436 e. The van der Waals surface area contributed by atoms with Gasteiger partial charge in [-0.2, -0.15) is 13.2 Å². The molecule has 0 bridgehead atoms. The van der Waals surface area contributed by atoms with E-state index in [-0.39, 0.29) is 24.3 Å². The molecule has 0 spiro atoms. The fourth-order valence-electron chi connectivity index (χ4n) is 4.59. The molecule has 1 aliphatic rings. The van der Waals surface area contributed by atoms with Gasteiger partial charge >= 0.3 is 24.1 Å². The Hall–Kier alpha value is -3.92. The average Bonchev–Trinajstić information content (AvgIpc) is 3.03. The van der Waals surface area contributed by atoms with Crippen molar-refractivity contribution >= 4 is 23.5 Å². The summed E-state index contributed by atoms with van der Waals surface area (Å²) in [6.07, 6.45) is 4.75. The normalized spacial score (nSPS) is 16.9. The van der Waals surface area contributed by atoms with E-state index < -0.39 is 35.8 Å². The Morgan fingerprint density at radius 1 is 0.844 bits per heavy atom. The zero-order valence-electron chi connectivity index (χ0n) is 25.8. The van der Waals surface area contributed by atoms with E-state index in [1.165, 1.54) is 18.6 Å². The summed E-state index contributed by atoms with van der Waals surface area (Å²) in [7, 11) is 0. The van der Waals surface area contributed by atoms with E-state index in [1.807, 2.05) is 42.5 Å². The summed E-state index contributed by atoms with van der Waals surface area (Å²) in [4.78, 5) is 37.9. The van der Waals surface area contributed by atoms with Gasteiger partial charge < -0.3 is 18.9 Å². The number of ether oxygens (including phenoxy) is 4. The number of carbonyl (C=O) groups excluding carboxylic acids is 3. The monoisotopic (exact) mass is 630 g/mol. The van der Waals surface area contributed by atoms with E-state index >= 15 is 0 Å². The number of unbranched alkanes of at least 4 members (excludes halogenated alkanes) is 6. The van der Waals surface area contributed by atoms with Crippen molar-refractivity contribution in [3.05, 3.63) is 84.0 Å². The van der Waals surface area contributed by atoms with Crippen molar-refractivity contribution in [2.45, 2.75) is 89.5 Å². The number of rotatable bonds is 17. The number of allylic oxidation sites excluding steroid dienone is 2. The molecule has 0 heterocycles. The molecule has 2 aromatic carbocycles. The molecule has 1 aliphatic carbocycles. The minimum absolute atomic E-state index is 0.0525. The number of esters is 3. The largest absolute Gasteiger partial charge is 0.463 e. The molecule has 0 saturated carbocycles. The number of alkyl halides is 3. The summed E-state index contributed by atoms with van der Waals surface area (Å²) in [6, 6.07) is 14.5. The first-order chi connectivity index (χ1) is 21.6. The molecule has 0 fully saturated rings. The number of benzene rings is 2. The second-order valence-corrected chi connectivity index (χ2v) is 10.8. The lowest BCUT2D eigenvalue weighted by Gasteiger charge is -2.30. The Balaban J connectivity index is 1.68. The van der Waals surface area contributed by atoms with Gasteiger partial charge in [0.05, 0.1) is 12.2 Å². The van der Waals surface area contributed by atoms with Gasteiger partial charge in [0.15, 0.2) is 5.60 Å². The third-order valence-corrected chi connectivity index (χ3v) is 7.25. The van der Waals surface area contributed by atoms with Crippen LogP contribution in [0.25, 0.3) is 5.57 Å². The summed E-state index contributed by atoms with van der Waals surface area (Å²) in [5, 5.41) is 0. The lowest BCUT2D eigenvalue weighted by atomic mass is 9.89. The Kier molecular flexibility index (Phi) is 13.9. The highest BCUT2D eigenvalue weighted by Crippen LogP contribution is 2.32. The third-order valence-electron chi connectivity index (χ3n) is 7.25. The number of carbonyl (C=O) groups is 3. The summed E-state index contributed by atoms with van der Waals surface area (Å²) in [6.45, 7) is 4.07. The fraction of sp³-hybridized carbons (Fsp3) is 0.457. The predicted octanol–water partition coefficient (Wildman–Crippen LogP) is 8.18. The van der Waals surface area contributed by atoms with E-state index in [1.54, 1.807) is 13.0 Å². The van der Waals surface area contributed by atoms with Crippen LogP contribution in [0.3, 0.4) is 0 Å². The lowest BCUT2D eigenvalue weighted by molar-refractivity contribution is -0.218. The molecular weight excluding hydrogens is 589 g/mol. The molecule has 244 valence electrons. The highest BCUT2D eigenvalue weighted by atomic mass is 19.4. The van der Waals surface area contributed by atoms with Crippen molar-refractivity contribution in [2.75, 3.05) is 13.2 Å². The Bertz CT molecular complexity index is 1300. The van der Waals surface area contributed by atoms with Gasteiger partial charge in [-0.05, 0) is 54.3 Å². The van der Waals surface area contributed by atoms with Crippen LogP contribution in [0.2, 0.25) is 0 Å². The first-order valence-corrected chi connectivity index (χ1v) is 15.4. The Morgan fingerprint density at radius 3 is 2.13 bits per heavy atom. The molecule has 0 aliphatic heterocycles. The van der Waals surface area contributed by atoms with E-state index in [2.05, 4.69) is 16.4 Å². The molecule has 45 heavy (non-hydrogen) atoms. The number of hydrogen-bond acceptors (Lipinski definition) is 7. The molecule has 3 rings (SSSR count). The predicted molar refractivity (Wildman–Crippen MR) is 163 cm³/mol. The Labute approximate surface area is 262 Å². The van der Waals surface area contributed by atoms with Crippen molar-refractivity contribution in [1.82, 2.24) is 0 Å². The van der Waals surface area contributed by atoms with Crippen LogP contribution >= 0.6 is 0 Å². The standard InChI is InChI=1S/C35H41F3O7/c1-3-5-7-8-9-13-25-43-34(22-20-27(21-23-34)26-14-11-10-12-15-26)33(41)44-29-18-16-28(17-19-29)31(39)45-30(35(36,37)38)32(40)42-24-6-4-2/h10-12,14-22,30H,3-9,13,23-25H2,1-2H3. The molecule has 0 aromatic heterocycles. The van der Waals surface area contributed by atoms with Crippen LogP contribution in [0, 0.1) is 0 Å². The SMILES string of the molecule is CCCCCCCCOC1(C(=O)Oc2ccc(C(=O)OC(C(=O)OCCCC)C(F)(F)F)cc2)C=CC(c2ccccc2)=CC1. The van der Waals surface area contributed by atoms with Gasteiger partial charge in [-0.3, -0.25) is 0 Å². The molecule has 0 N–H and O–H groups in total. The summed E-state index contributed by atoms with van der Waals surface area (Å²) in [5.74, 6) is -3.69. The number of hydrogen-bond donors (Lipinski definition) is 0. The van der Waals surface area contributed by atoms with Crippen LogP contribution < -0.4 is 4.74 Å². The maximum Gasteiger partial charge on any atom is 0.436 e. The number of halogens is 3. The van der Waals surface area contributed by atoms with Gasteiger partial charge in [0.1, 0.15) is 5.75 Å². The molecule has 0 radical (unpaired) electrons. The molecule has 0 amide bonds.